The Morgan fingerprint density at radius 2 is 1.42 bits per heavy atom. The van der Waals surface area contributed by atoms with E-state index in [1.54, 1.807) is 66.7 Å². The number of nitrogens with one attached hydrogen (secondary N) is 1. The third kappa shape index (κ3) is 17.2. The summed E-state index contributed by atoms with van der Waals surface area (Å²) in [4.78, 5) is 116. The van der Waals surface area contributed by atoms with Crippen LogP contribution in [0.2, 0.25) is 0 Å². The minimum Gasteiger partial charge on any atom is -0.455 e. The summed E-state index contributed by atoms with van der Waals surface area (Å²) in [6.07, 6.45) is -0.561. The van der Waals surface area contributed by atoms with Crippen molar-refractivity contribution in [3.8, 4) is 12.1 Å². The molecule has 5 N–H and O–H groups in total. The highest BCUT2D eigenvalue weighted by atomic mass is 32.2. The second kappa shape index (κ2) is 33.3. The first-order valence-electron chi connectivity index (χ1n) is 32.7. The summed E-state index contributed by atoms with van der Waals surface area (Å²) in [5.41, 5.74) is -3.74. The van der Waals surface area contributed by atoms with E-state index in [9.17, 15) is 49.5 Å². The molecule has 1 aliphatic heterocycles. The molecule has 4 aliphatic rings. The number of fused-ring (bicyclic) bond motifs is 5. The molecular formula is C72H90N4O16S3. The molecule has 2 bridgehead atoms. The van der Waals surface area contributed by atoms with Crippen molar-refractivity contribution in [2.24, 2.45) is 39.7 Å². The molecule has 1 saturated heterocycles. The van der Waals surface area contributed by atoms with Crippen LogP contribution in [0.15, 0.2) is 102 Å². The standard InChI is InChI=1S/C72H90N4O16S3/c1-9-10-11-12-13-14-15-16-17-27-36-94-67(93)95-41-47(40-73)37-51(63(75)82)69(7,42-74)35-34-55(80)90-59(57(48-28-21-18-22-29-48)76-64(83)49-30-23-19-24-31-49)66(85)89-52-39-72(86)62(91-65(84)50-32-25-20-26-33-50)60-70(8,53(79)38-54-71(60,43-87-54)92-46(4)78)61(81)58(88-45(3)77)56(44(52)2)68(72,5)6/h18-26,28-33,47,51-54,57-60,62,79,86H,9-17,27,34-39,41,43H2,1-8H3,(H2,75,82)(H,76,83)/t47?,51?,52-,53-,54+,57-,58+,59+,60-,62-,69?,70+,71-,72+/m0/s1. The number of nitriles is 2. The number of carbonyl (C=O) groups excluding carboxylic acids is 8. The van der Waals surface area contributed by atoms with Crippen molar-refractivity contribution >= 4 is 86.7 Å². The summed E-state index contributed by atoms with van der Waals surface area (Å²) < 4.78 is 38.0. The number of unbranched alkanes of at least 4 members (excludes halogenated alkanes) is 9. The molecular weight excluding hydrogens is 1270 g/mol. The Morgan fingerprint density at radius 1 is 0.832 bits per heavy atom. The summed E-state index contributed by atoms with van der Waals surface area (Å²) >= 11 is 8.50. The van der Waals surface area contributed by atoms with Gasteiger partial charge < -0.3 is 49.7 Å². The number of benzene rings is 3. The van der Waals surface area contributed by atoms with Gasteiger partial charge in [-0.2, -0.15) is 10.5 Å². The third-order valence-corrected chi connectivity index (χ3v) is 22.7. The van der Waals surface area contributed by atoms with Crippen molar-refractivity contribution in [2.75, 3.05) is 18.1 Å². The molecule has 14 atom stereocenters. The van der Waals surface area contributed by atoms with Crippen LogP contribution in [0.3, 0.4) is 0 Å². The highest BCUT2D eigenvalue weighted by molar-refractivity contribution is 8.47. The zero-order valence-corrected chi connectivity index (χ0v) is 57.9. The van der Waals surface area contributed by atoms with Crippen molar-refractivity contribution in [1.82, 2.24) is 5.32 Å². The van der Waals surface area contributed by atoms with Gasteiger partial charge in [0.2, 0.25) is 12.0 Å². The monoisotopic (exact) mass is 1360 g/mol. The van der Waals surface area contributed by atoms with E-state index < -0.39 is 155 Å². The third-order valence-electron chi connectivity index (χ3n) is 19.8. The van der Waals surface area contributed by atoms with Crippen molar-refractivity contribution in [3.05, 3.63) is 119 Å². The Hall–Kier alpha value is -6.99. The zero-order valence-electron chi connectivity index (χ0n) is 55.5. The van der Waals surface area contributed by atoms with Crippen LogP contribution in [-0.2, 0) is 57.2 Å². The lowest BCUT2D eigenvalue weighted by Gasteiger charge is -2.67. The van der Waals surface area contributed by atoms with Gasteiger partial charge >= 0.3 is 29.8 Å². The van der Waals surface area contributed by atoms with Crippen LogP contribution < -0.4 is 11.1 Å². The van der Waals surface area contributed by atoms with E-state index in [0.29, 0.717) is 3.53 Å². The fourth-order valence-electron chi connectivity index (χ4n) is 14.2. The largest absolute Gasteiger partial charge is 0.455 e. The van der Waals surface area contributed by atoms with Gasteiger partial charge in [0.15, 0.2) is 17.5 Å². The second-order valence-electron chi connectivity index (χ2n) is 26.5. The predicted octanol–water partition coefficient (Wildman–Crippen LogP) is 10.9. The number of aliphatic hydroxyl groups is 2. The molecule has 3 fully saturated rings. The van der Waals surface area contributed by atoms with E-state index in [1.807, 2.05) is 0 Å². The lowest BCUT2D eigenvalue weighted by Crippen LogP contribution is -2.82. The zero-order chi connectivity index (χ0) is 69.5. The number of primary amides is 1. The number of ether oxygens (including phenoxy) is 6. The Bertz CT molecular complexity index is 3380. The normalized spacial score (nSPS) is 26.0. The first-order valence-corrected chi connectivity index (χ1v) is 35.1. The van der Waals surface area contributed by atoms with Crippen LogP contribution >= 0.6 is 35.7 Å². The van der Waals surface area contributed by atoms with Gasteiger partial charge in [-0.25, -0.2) is 9.59 Å². The molecule has 0 aromatic heterocycles. The quantitative estimate of drug-likeness (QED) is 0.0153. The number of carbonyl (C=O) groups is 8. The molecule has 0 radical (unpaired) electrons. The summed E-state index contributed by atoms with van der Waals surface area (Å²) in [7, 11) is 0. The van der Waals surface area contributed by atoms with Crippen LogP contribution in [0.25, 0.3) is 0 Å². The minimum atomic E-state index is -2.56. The molecule has 20 nitrogen and oxygen atoms in total. The number of nitrogens with two attached hydrogens (primary N) is 1. The molecule has 3 aromatic rings. The predicted molar refractivity (Wildman–Crippen MR) is 360 cm³/mol. The topological polar surface area (TPSA) is 318 Å². The maximum absolute atomic E-state index is 16.0. The molecule has 95 heavy (non-hydrogen) atoms. The number of esters is 5. The van der Waals surface area contributed by atoms with Gasteiger partial charge in [-0.05, 0) is 86.8 Å². The lowest BCUT2D eigenvalue weighted by molar-refractivity contribution is -0.346. The number of hydrogen-bond donors (Lipinski definition) is 4. The summed E-state index contributed by atoms with van der Waals surface area (Å²) in [6.45, 7) is 11.3. The van der Waals surface area contributed by atoms with E-state index in [2.05, 4.69) is 24.4 Å². The van der Waals surface area contributed by atoms with Gasteiger partial charge in [-0.1, -0.05) is 158 Å². The van der Waals surface area contributed by atoms with E-state index in [0.717, 1.165) is 38.9 Å². The number of thiocarbonyl (C=S) groups is 1. The van der Waals surface area contributed by atoms with Crippen LogP contribution in [0.1, 0.15) is 184 Å². The van der Waals surface area contributed by atoms with Crippen molar-refractivity contribution in [1.29, 1.82) is 10.5 Å². The maximum Gasteiger partial charge on any atom is 0.350 e. The van der Waals surface area contributed by atoms with Gasteiger partial charge in [0.1, 0.15) is 33.5 Å². The van der Waals surface area contributed by atoms with Crippen LogP contribution in [0, 0.1) is 56.7 Å². The van der Waals surface area contributed by atoms with E-state index in [1.165, 1.54) is 127 Å². The molecule has 512 valence electrons. The SMILES string of the molecule is CCCCCCCCCCCCSC(=S)SCC(C#N)CC(C(N)=O)C(C)(C#N)CCC(=O)O[C@@H](C(=O)O[C@H]1C[C@@]2(O)[C@@H](OC(=O)c3ccccc3)[C@@H]3[C@]4(OC(C)=O)CO[C@@H]4C[C@H](O)[C@@]3(C)C(=O)[C@H](OC(C)=O)C(=C1C)C2(C)C)[C@@H](NC(=O)c1ccccc1)c1ccccc1. The summed E-state index contributed by atoms with van der Waals surface area (Å²) in [6, 6.07) is 26.5. The molecule has 2 saturated carbocycles. The first-order chi connectivity index (χ1) is 45.1. The molecule has 3 aromatic carbocycles. The van der Waals surface area contributed by atoms with Gasteiger partial charge in [-0.15, -0.1) is 23.5 Å². The average Bonchev–Trinajstić information content (AvgIpc) is 0.670. The smallest absolute Gasteiger partial charge is 0.350 e. The molecule has 1 heterocycles. The number of aliphatic hydroxyl groups excluding tert-OH is 1. The summed E-state index contributed by atoms with van der Waals surface area (Å²) in [5, 5.41) is 50.6. The molecule has 2 amide bonds. The van der Waals surface area contributed by atoms with Crippen molar-refractivity contribution in [3.63, 3.8) is 0 Å². The Labute approximate surface area is 570 Å². The maximum atomic E-state index is 16.0. The highest BCUT2D eigenvalue weighted by Crippen LogP contribution is 2.64. The first kappa shape index (κ1) is 75.4. The Morgan fingerprint density at radius 3 is 1.97 bits per heavy atom. The fraction of sp³-hybridized carbons (Fsp3) is 0.569. The number of amides is 2. The highest BCUT2D eigenvalue weighted by Gasteiger charge is 2.78. The number of Topliss-reactive ketones (excluding diaryl/α,β-unsaturated/α-hetero) is 1. The Balaban J connectivity index is 1.22. The Kier molecular flexibility index (Phi) is 26.4. The number of rotatable bonds is 31. The second-order valence-corrected chi connectivity index (χ2v) is 29.8. The average molecular weight is 1360 g/mol. The van der Waals surface area contributed by atoms with E-state index in [4.69, 9.17) is 46.4 Å². The van der Waals surface area contributed by atoms with E-state index >= 15 is 9.59 Å². The van der Waals surface area contributed by atoms with Crippen LogP contribution in [0.4, 0.5) is 0 Å². The van der Waals surface area contributed by atoms with Gasteiger partial charge in [0, 0.05) is 49.8 Å². The fourth-order valence-corrected chi connectivity index (χ4v) is 16.5. The summed E-state index contributed by atoms with van der Waals surface area (Å²) in [5.74, 6) is -10.5. The van der Waals surface area contributed by atoms with Gasteiger partial charge in [0.25, 0.3) is 5.91 Å². The minimum absolute atomic E-state index is 0.00599. The molecule has 3 unspecified atom stereocenters. The van der Waals surface area contributed by atoms with E-state index in [-0.39, 0.29) is 52.9 Å². The van der Waals surface area contributed by atoms with Crippen molar-refractivity contribution in [2.45, 2.75) is 206 Å². The number of nitrogens with zero attached hydrogens (tertiary/aromatic N) is 2. The van der Waals surface area contributed by atoms with Gasteiger partial charge in [0.05, 0.1) is 59.0 Å². The van der Waals surface area contributed by atoms with Crippen molar-refractivity contribution < 1.29 is 77.0 Å². The van der Waals surface area contributed by atoms with Crippen LogP contribution in [-0.4, -0.2) is 127 Å². The van der Waals surface area contributed by atoms with Gasteiger partial charge in [-0.3, -0.25) is 28.8 Å². The molecule has 7 rings (SSSR count). The van der Waals surface area contributed by atoms with Crippen LogP contribution in [0.5, 0.6) is 0 Å². The number of hydrogen-bond acceptors (Lipinski definition) is 21. The molecule has 3 aliphatic carbocycles. The molecule has 23 heteroatoms. The lowest BCUT2D eigenvalue weighted by atomic mass is 9.44. The number of thioether (sulfide) groups is 2. The molecule has 0 spiro atoms. The number of ketones is 1.